The van der Waals surface area contributed by atoms with Crippen molar-refractivity contribution in [3.8, 4) is 0 Å². The molecular formula is C12H18N4O4S. The normalized spacial score (nSPS) is 17.8. The number of sulfonamides is 1. The number of hydrogen-bond acceptors (Lipinski definition) is 6. The minimum atomic E-state index is -3.95. The number of nitrogens with two attached hydrogens (primary N) is 1. The number of benzene rings is 1. The first-order valence-electron chi connectivity index (χ1n) is 6.38. The van der Waals surface area contributed by atoms with Gasteiger partial charge in [0.15, 0.2) is 0 Å². The SMILES string of the molecule is CN1CCN(NS(=O)(=O)c2ccc(N)cc2C(=O)O)CC1. The average Bonchev–Trinajstić information content (AvgIpc) is 2.40. The van der Waals surface area contributed by atoms with E-state index in [0.717, 1.165) is 19.2 Å². The molecule has 4 N–H and O–H groups in total. The summed E-state index contributed by atoms with van der Waals surface area (Å²) in [6.45, 7) is 2.53. The van der Waals surface area contributed by atoms with E-state index in [1.54, 1.807) is 5.01 Å². The topological polar surface area (TPSA) is 116 Å². The van der Waals surface area contributed by atoms with E-state index in [1.807, 2.05) is 7.05 Å². The van der Waals surface area contributed by atoms with E-state index in [1.165, 1.54) is 12.1 Å². The number of carbonyl (C=O) groups is 1. The molecule has 0 aromatic heterocycles. The molecule has 1 fully saturated rings. The third kappa shape index (κ3) is 3.70. The average molecular weight is 314 g/mol. The molecule has 9 heteroatoms. The second-order valence-electron chi connectivity index (χ2n) is 4.95. The summed E-state index contributed by atoms with van der Waals surface area (Å²) in [5, 5.41) is 10.7. The van der Waals surface area contributed by atoms with Crippen LogP contribution in [-0.4, -0.2) is 62.6 Å². The van der Waals surface area contributed by atoms with Gasteiger partial charge in [0.1, 0.15) is 0 Å². The van der Waals surface area contributed by atoms with Gasteiger partial charge in [0.2, 0.25) is 0 Å². The number of nitrogens with zero attached hydrogens (tertiary/aromatic N) is 2. The lowest BCUT2D eigenvalue weighted by atomic mass is 10.2. The molecule has 2 rings (SSSR count). The number of carboxylic acids is 1. The molecule has 0 unspecified atom stereocenters. The number of rotatable bonds is 4. The van der Waals surface area contributed by atoms with Crippen LogP contribution in [0.4, 0.5) is 5.69 Å². The zero-order valence-electron chi connectivity index (χ0n) is 11.6. The molecule has 1 aromatic rings. The summed E-state index contributed by atoms with van der Waals surface area (Å²) in [6, 6.07) is 3.71. The largest absolute Gasteiger partial charge is 0.478 e. The Hall–Kier alpha value is -1.68. The van der Waals surface area contributed by atoms with Crippen LogP contribution in [-0.2, 0) is 10.0 Å². The third-order valence-corrected chi connectivity index (χ3v) is 4.71. The molecule has 8 nitrogen and oxygen atoms in total. The van der Waals surface area contributed by atoms with Crippen molar-refractivity contribution in [3.05, 3.63) is 23.8 Å². The second kappa shape index (κ2) is 5.98. The molecule has 1 aliphatic rings. The maximum atomic E-state index is 12.3. The molecule has 21 heavy (non-hydrogen) atoms. The van der Waals surface area contributed by atoms with Crippen LogP contribution in [0.3, 0.4) is 0 Å². The third-order valence-electron chi connectivity index (χ3n) is 3.28. The molecule has 1 saturated heterocycles. The van der Waals surface area contributed by atoms with Crippen LogP contribution in [0.5, 0.6) is 0 Å². The number of nitrogen functional groups attached to an aromatic ring is 1. The van der Waals surface area contributed by atoms with Crippen LogP contribution in [0.1, 0.15) is 10.4 Å². The van der Waals surface area contributed by atoms with Gasteiger partial charge in [-0.1, -0.05) is 0 Å². The monoisotopic (exact) mass is 314 g/mol. The lowest BCUT2D eigenvalue weighted by Gasteiger charge is -2.32. The summed E-state index contributed by atoms with van der Waals surface area (Å²) in [6.07, 6.45) is 0. The summed E-state index contributed by atoms with van der Waals surface area (Å²) in [5.41, 5.74) is 5.38. The highest BCUT2D eigenvalue weighted by Crippen LogP contribution is 2.19. The van der Waals surface area contributed by atoms with Crippen LogP contribution in [0, 0.1) is 0 Å². The smallest absolute Gasteiger partial charge is 0.337 e. The fourth-order valence-corrected chi connectivity index (χ4v) is 3.37. The molecule has 1 aromatic carbocycles. The zero-order valence-corrected chi connectivity index (χ0v) is 12.4. The molecule has 0 aliphatic carbocycles. The van der Waals surface area contributed by atoms with Crippen molar-refractivity contribution in [2.75, 3.05) is 39.0 Å². The van der Waals surface area contributed by atoms with E-state index in [2.05, 4.69) is 9.73 Å². The van der Waals surface area contributed by atoms with Crippen molar-refractivity contribution in [1.29, 1.82) is 0 Å². The molecule has 1 aliphatic heterocycles. The van der Waals surface area contributed by atoms with Crippen LogP contribution < -0.4 is 10.6 Å². The van der Waals surface area contributed by atoms with Crippen molar-refractivity contribution in [1.82, 2.24) is 14.7 Å². The van der Waals surface area contributed by atoms with Crippen LogP contribution in [0.15, 0.2) is 23.1 Å². The standard InChI is InChI=1S/C12H18N4O4S/c1-15-4-6-16(7-5-15)14-21(19,20)11-3-2-9(13)8-10(11)12(17)18/h2-3,8,14H,4-7,13H2,1H3,(H,17,18). The number of likely N-dealkylation sites (N-methyl/N-ethyl adjacent to an activating group) is 1. The van der Waals surface area contributed by atoms with E-state index >= 15 is 0 Å². The Morgan fingerprint density at radius 2 is 1.90 bits per heavy atom. The van der Waals surface area contributed by atoms with Gasteiger partial charge in [0.05, 0.1) is 10.5 Å². The van der Waals surface area contributed by atoms with Gasteiger partial charge in [-0.2, -0.15) is 0 Å². The Balaban J connectivity index is 2.25. The summed E-state index contributed by atoms with van der Waals surface area (Å²) >= 11 is 0. The first-order chi connectivity index (χ1) is 9.79. The molecule has 0 saturated carbocycles. The second-order valence-corrected chi connectivity index (χ2v) is 6.58. The Labute approximate surface area is 123 Å². The van der Waals surface area contributed by atoms with Crippen LogP contribution >= 0.6 is 0 Å². The van der Waals surface area contributed by atoms with E-state index < -0.39 is 16.0 Å². The fourth-order valence-electron chi connectivity index (χ4n) is 2.07. The number of carboxylic acid groups (broad SMARTS) is 1. The Morgan fingerprint density at radius 3 is 2.48 bits per heavy atom. The highest BCUT2D eigenvalue weighted by atomic mass is 32.2. The zero-order chi connectivity index (χ0) is 15.6. The van der Waals surface area contributed by atoms with Gasteiger partial charge >= 0.3 is 5.97 Å². The molecule has 116 valence electrons. The highest BCUT2D eigenvalue weighted by molar-refractivity contribution is 7.89. The predicted molar refractivity (Wildman–Crippen MR) is 77.2 cm³/mol. The maximum absolute atomic E-state index is 12.3. The first-order valence-corrected chi connectivity index (χ1v) is 7.86. The molecule has 0 bridgehead atoms. The summed E-state index contributed by atoms with van der Waals surface area (Å²) in [5.74, 6) is -1.33. The Morgan fingerprint density at radius 1 is 1.29 bits per heavy atom. The molecule has 0 atom stereocenters. The number of anilines is 1. The van der Waals surface area contributed by atoms with Gasteiger partial charge in [-0.05, 0) is 25.2 Å². The molecule has 0 amide bonds. The number of piperazine rings is 1. The van der Waals surface area contributed by atoms with Crippen molar-refractivity contribution in [3.63, 3.8) is 0 Å². The number of hydrazine groups is 1. The minimum absolute atomic E-state index is 0.200. The number of hydrogen-bond donors (Lipinski definition) is 3. The highest BCUT2D eigenvalue weighted by Gasteiger charge is 2.26. The van der Waals surface area contributed by atoms with Gasteiger partial charge in [-0.15, -0.1) is 4.83 Å². The van der Waals surface area contributed by atoms with Gasteiger partial charge in [0, 0.05) is 31.9 Å². The van der Waals surface area contributed by atoms with E-state index in [4.69, 9.17) is 10.8 Å². The van der Waals surface area contributed by atoms with E-state index in [9.17, 15) is 13.2 Å². The van der Waals surface area contributed by atoms with Crippen molar-refractivity contribution < 1.29 is 18.3 Å². The van der Waals surface area contributed by atoms with Crippen molar-refractivity contribution in [2.45, 2.75) is 4.90 Å². The quantitative estimate of drug-likeness (QED) is 0.636. The van der Waals surface area contributed by atoms with Gasteiger partial charge < -0.3 is 15.7 Å². The fraction of sp³-hybridized carbons (Fsp3) is 0.417. The summed E-state index contributed by atoms with van der Waals surface area (Å²) in [4.78, 5) is 15.4. The van der Waals surface area contributed by atoms with Gasteiger partial charge in [-0.3, -0.25) is 0 Å². The number of nitrogens with one attached hydrogen (secondary N) is 1. The molecule has 0 spiro atoms. The van der Waals surface area contributed by atoms with Crippen molar-refractivity contribution >= 4 is 21.7 Å². The van der Waals surface area contributed by atoms with Crippen LogP contribution in [0.2, 0.25) is 0 Å². The van der Waals surface area contributed by atoms with Crippen LogP contribution in [0.25, 0.3) is 0 Å². The van der Waals surface area contributed by atoms with E-state index in [-0.39, 0.29) is 16.1 Å². The van der Waals surface area contributed by atoms with Gasteiger partial charge in [0.25, 0.3) is 10.0 Å². The summed E-state index contributed by atoms with van der Waals surface area (Å²) in [7, 11) is -2.00. The molecular weight excluding hydrogens is 296 g/mol. The lowest BCUT2D eigenvalue weighted by Crippen LogP contribution is -2.52. The minimum Gasteiger partial charge on any atom is -0.478 e. The molecule has 0 radical (unpaired) electrons. The maximum Gasteiger partial charge on any atom is 0.337 e. The van der Waals surface area contributed by atoms with Crippen molar-refractivity contribution in [2.24, 2.45) is 0 Å². The van der Waals surface area contributed by atoms with E-state index in [0.29, 0.717) is 13.1 Å². The Bertz CT molecular complexity index is 639. The first kappa shape index (κ1) is 15.7. The lowest BCUT2D eigenvalue weighted by molar-refractivity contribution is 0.0692. The summed E-state index contributed by atoms with van der Waals surface area (Å²) < 4.78 is 24.7. The molecule has 1 heterocycles. The van der Waals surface area contributed by atoms with Gasteiger partial charge in [-0.25, -0.2) is 18.2 Å². The number of aromatic carboxylic acids is 1. The predicted octanol–water partition coefficient (Wildman–Crippen LogP) is -0.592. The Kier molecular flexibility index (Phi) is 4.47.